The summed E-state index contributed by atoms with van der Waals surface area (Å²) in [5.41, 5.74) is 8.91. The second kappa shape index (κ2) is 7.09. The number of anilines is 3. The van der Waals surface area contributed by atoms with Gasteiger partial charge in [-0.1, -0.05) is 6.92 Å². The summed E-state index contributed by atoms with van der Waals surface area (Å²) in [4.78, 5) is 14.9. The average molecular weight is 412 g/mol. The van der Waals surface area contributed by atoms with Gasteiger partial charge in [0.2, 0.25) is 0 Å². The predicted octanol–water partition coefficient (Wildman–Crippen LogP) is 3.01. The number of aromatic nitrogens is 4. The van der Waals surface area contributed by atoms with Crippen LogP contribution in [0.5, 0.6) is 0 Å². The van der Waals surface area contributed by atoms with E-state index in [1.807, 2.05) is 49.9 Å². The minimum Gasteiger partial charge on any atom is -0.382 e. The number of nitrogens with two attached hydrogens (primary N) is 1. The van der Waals surface area contributed by atoms with E-state index in [1.165, 1.54) is 0 Å². The van der Waals surface area contributed by atoms with Crippen LogP contribution in [0.1, 0.15) is 37.0 Å². The number of halogens is 2. The van der Waals surface area contributed by atoms with Gasteiger partial charge in [-0.25, -0.2) is 23.7 Å². The fourth-order valence-electron chi connectivity index (χ4n) is 3.62. The lowest BCUT2D eigenvalue weighted by Gasteiger charge is -2.41. The molecule has 0 bridgehead atoms. The summed E-state index contributed by atoms with van der Waals surface area (Å²) >= 11 is 0. The van der Waals surface area contributed by atoms with E-state index in [2.05, 4.69) is 15.3 Å². The number of alkyl halides is 2. The maximum absolute atomic E-state index is 13.6. The topological polar surface area (TPSA) is 109 Å². The van der Waals surface area contributed by atoms with Crippen molar-refractivity contribution in [1.82, 2.24) is 19.5 Å². The van der Waals surface area contributed by atoms with Crippen molar-refractivity contribution in [2.24, 2.45) is 7.05 Å². The van der Waals surface area contributed by atoms with Gasteiger partial charge in [-0.2, -0.15) is 5.26 Å². The SMILES string of the molecule is CCc1nc(N)c(C#N)c(NC(C)c2nc3ccn(C)c3cc2N2CC(F)(F)C2)n1. The summed E-state index contributed by atoms with van der Waals surface area (Å²) in [5, 5.41) is 12.7. The molecule has 4 heterocycles. The molecule has 0 amide bonds. The maximum atomic E-state index is 13.6. The molecule has 1 aliphatic rings. The number of fused-ring (bicyclic) bond motifs is 1. The Labute approximate surface area is 172 Å². The van der Waals surface area contributed by atoms with E-state index in [-0.39, 0.29) is 24.5 Å². The third-order valence-corrected chi connectivity index (χ3v) is 5.23. The van der Waals surface area contributed by atoms with Crippen molar-refractivity contribution in [1.29, 1.82) is 5.26 Å². The molecule has 1 atom stereocenters. The Balaban J connectivity index is 1.76. The normalized spacial score (nSPS) is 16.2. The van der Waals surface area contributed by atoms with Crippen LogP contribution in [-0.2, 0) is 13.5 Å². The van der Waals surface area contributed by atoms with E-state index >= 15 is 0 Å². The number of nitrogens with zero attached hydrogens (tertiary/aromatic N) is 6. The summed E-state index contributed by atoms with van der Waals surface area (Å²) in [6.45, 7) is 3.03. The molecule has 0 radical (unpaired) electrons. The van der Waals surface area contributed by atoms with Gasteiger partial charge in [0.15, 0.2) is 0 Å². The predicted molar refractivity (Wildman–Crippen MR) is 110 cm³/mol. The van der Waals surface area contributed by atoms with Gasteiger partial charge in [-0.05, 0) is 19.1 Å². The van der Waals surface area contributed by atoms with Crippen LogP contribution in [0.15, 0.2) is 18.3 Å². The van der Waals surface area contributed by atoms with Crippen molar-refractivity contribution < 1.29 is 8.78 Å². The van der Waals surface area contributed by atoms with Crippen LogP contribution >= 0.6 is 0 Å². The molecule has 10 heteroatoms. The summed E-state index contributed by atoms with van der Waals surface area (Å²) in [5.74, 6) is -1.78. The molecular weight excluding hydrogens is 390 g/mol. The van der Waals surface area contributed by atoms with Gasteiger partial charge < -0.3 is 20.5 Å². The minimum absolute atomic E-state index is 0.105. The number of nitriles is 1. The molecule has 3 aromatic heterocycles. The monoisotopic (exact) mass is 412 g/mol. The average Bonchev–Trinajstić information content (AvgIpc) is 3.04. The third-order valence-electron chi connectivity index (χ3n) is 5.23. The Hall–Kier alpha value is -3.48. The van der Waals surface area contributed by atoms with Crippen molar-refractivity contribution in [3.05, 3.63) is 35.4 Å². The first-order valence-electron chi connectivity index (χ1n) is 9.64. The van der Waals surface area contributed by atoms with Crippen LogP contribution in [-0.4, -0.2) is 38.5 Å². The number of hydrogen-bond acceptors (Lipinski definition) is 7. The molecule has 30 heavy (non-hydrogen) atoms. The number of nitrogen functional groups attached to an aromatic ring is 1. The van der Waals surface area contributed by atoms with Crippen LogP contribution in [0.3, 0.4) is 0 Å². The third kappa shape index (κ3) is 3.36. The molecule has 156 valence electrons. The lowest BCUT2D eigenvalue weighted by molar-refractivity contribution is -0.0263. The molecule has 3 N–H and O–H groups in total. The molecule has 1 saturated heterocycles. The molecule has 1 aliphatic heterocycles. The smallest absolute Gasteiger partial charge is 0.282 e. The van der Waals surface area contributed by atoms with E-state index in [0.717, 1.165) is 11.0 Å². The van der Waals surface area contributed by atoms with Crippen molar-refractivity contribution in [3.63, 3.8) is 0 Å². The first-order chi connectivity index (χ1) is 14.2. The van der Waals surface area contributed by atoms with Gasteiger partial charge in [0.25, 0.3) is 5.92 Å². The van der Waals surface area contributed by atoms with Gasteiger partial charge >= 0.3 is 0 Å². The van der Waals surface area contributed by atoms with Crippen molar-refractivity contribution >= 4 is 28.4 Å². The van der Waals surface area contributed by atoms with Crippen molar-refractivity contribution in [2.75, 3.05) is 29.0 Å². The Morgan fingerprint density at radius 3 is 2.70 bits per heavy atom. The molecule has 1 fully saturated rings. The van der Waals surface area contributed by atoms with Gasteiger partial charge in [0.05, 0.1) is 41.5 Å². The lowest BCUT2D eigenvalue weighted by atomic mass is 10.1. The number of aryl methyl sites for hydroxylation is 2. The molecule has 0 saturated carbocycles. The Morgan fingerprint density at radius 2 is 2.07 bits per heavy atom. The zero-order chi connectivity index (χ0) is 21.6. The quantitative estimate of drug-likeness (QED) is 0.663. The Kier molecular flexibility index (Phi) is 4.68. The fourth-order valence-corrected chi connectivity index (χ4v) is 3.62. The highest BCUT2D eigenvalue weighted by Crippen LogP contribution is 2.38. The second-order valence-electron chi connectivity index (χ2n) is 7.52. The van der Waals surface area contributed by atoms with E-state index in [1.54, 1.807) is 4.90 Å². The number of rotatable bonds is 5. The number of nitrogens with one attached hydrogen (secondary N) is 1. The van der Waals surface area contributed by atoms with Crippen LogP contribution in [0, 0.1) is 11.3 Å². The molecule has 4 rings (SSSR count). The second-order valence-corrected chi connectivity index (χ2v) is 7.52. The van der Waals surface area contributed by atoms with Gasteiger partial charge in [-0.3, -0.25) is 0 Å². The molecule has 0 aliphatic carbocycles. The zero-order valence-corrected chi connectivity index (χ0v) is 16.9. The van der Waals surface area contributed by atoms with E-state index in [0.29, 0.717) is 29.4 Å². The fraction of sp³-hybridized carbons (Fsp3) is 0.400. The molecule has 0 spiro atoms. The van der Waals surface area contributed by atoms with E-state index < -0.39 is 12.0 Å². The van der Waals surface area contributed by atoms with Crippen LogP contribution in [0.2, 0.25) is 0 Å². The van der Waals surface area contributed by atoms with Crippen molar-refractivity contribution in [3.8, 4) is 6.07 Å². The van der Waals surface area contributed by atoms with Crippen LogP contribution < -0.4 is 16.0 Å². The minimum atomic E-state index is -2.71. The maximum Gasteiger partial charge on any atom is 0.282 e. The van der Waals surface area contributed by atoms with Crippen molar-refractivity contribution in [2.45, 2.75) is 32.2 Å². The zero-order valence-electron chi connectivity index (χ0n) is 16.9. The first-order valence-corrected chi connectivity index (χ1v) is 9.64. The Bertz CT molecular complexity index is 1160. The molecule has 3 aromatic rings. The number of pyridine rings is 1. The highest BCUT2D eigenvalue weighted by Gasteiger charge is 2.45. The summed E-state index contributed by atoms with van der Waals surface area (Å²) in [6.07, 6.45) is 2.43. The number of hydrogen-bond donors (Lipinski definition) is 2. The van der Waals surface area contributed by atoms with Gasteiger partial charge in [0, 0.05) is 19.7 Å². The highest BCUT2D eigenvalue weighted by atomic mass is 19.3. The summed E-state index contributed by atoms with van der Waals surface area (Å²) < 4.78 is 29.0. The lowest BCUT2D eigenvalue weighted by Crippen LogP contribution is -2.56. The molecular formula is C20H22F2N8. The highest BCUT2D eigenvalue weighted by molar-refractivity contribution is 5.81. The summed E-state index contributed by atoms with van der Waals surface area (Å²) in [7, 11) is 1.88. The standard InChI is InChI=1S/C20H22F2N8/c1-4-16-27-18(24)12(8-23)19(28-16)25-11(2)17-15(30-9-20(21,22)10-30)7-14-13(26-17)5-6-29(14)3/h5-7,11H,4,9-10H2,1-3H3,(H3,24,25,27,28). The van der Waals surface area contributed by atoms with Gasteiger partial charge in [0.1, 0.15) is 29.1 Å². The van der Waals surface area contributed by atoms with E-state index in [9.17, 15) is 14.0 Å². The van der Waals surface area contributed by atoms with Crippen LogP contribution in [0.4, 0.5) is 26.1 Å². The largest absolute Gasteiger partial charge is 0.382 e. The molecule has 8 nitrogen and oxygen atoms in total. The van der Waals surface area contributed by atoms with Gasteiger partial charge in [-0.15, -0.1) is 0 Å². The van der Waals surface area contributed by atoms with Crippen LogP contribution in [0.25, 0.3) is 11.0 Å². The van der Waals surface area contributed by atoms with E-state index in [4.69, 9.17) is 10.7 Å². The first kappa shape index (κ1) is 19.8. The summed E-state index contributed by atoms with van der Waals surface area (Å²) in [6, 6.07) is 5.37. The molecule has 0 aromatic carbocycles. The molecule has 1 unspecified atom stereocenters. The Morgan fingerprint density at radius 1 is 1.33 bits per heavy atom.